The zero-order valence-electron chi connectivity index (χ0n) is 7.17. The number of rotatable bonds is 3. The number of alkyl halides is 2. The van der Waals surface area contributed by atoms with Crippen LogP contribution >= 0.6 is 15.9 Å². The lowest BCUT2D eigenvalue weighted by atomic mass is 10.1. The van der Waals surface area contributed by atoms with Crippen LogP contribution in [0.5, 0.6) is 0 Å². The summed E-state index contributed by atoms with van der Waals surface area (Å²) in [6.07, 6.45) is -2.63. The third-order valence-electron chi connectivity index (χ3n) is 1.76. The molecule has 0 aliphatic rings. The number of hydrogen-bond donors (Lipinski definition) is 2. The summed E-state index contributed by atoms with van der Waals surface area (Å²) in [6.45, 7) is -0.387. The van der Waals surface area contributed by atoms with Crippen LogP contribution in [-0.4, -0.2) is 10.1 Å². The largest absolute Gasteiger partial charge is 0.392 e. The number of aliphatic hydroxyl groups is 1. The van der Waals surface area contributed by atoms with Gasteiger partial charge in [0.15, 0.2) is 0 Å². The lowest BCUT2D eigenvalue weighted by Gasteiger charge is -2.09. The highest BCUT2D eigenvalue weighted by Crippen LogP contribution is 2.26. The van der Waals surface area contributed by atoms with E-state index in [9.17, 15) is 8.78 Å². The molecule has 3 N–H and O–H groups in total. The lowest BCUT2D eigenvalue weighted by Crippen LogP contribution is -2.07. The number of hydrogen-bond acceptors (Lipinski definition) is 3. The van der Waals surface area contributed by atoms with Gasteiger partial charge in [-0.2, -0.15) is 0 Å². The van der Waals surface area contributed by atoms with Gasteiger partial charge in [-0.05, 0) is 22.0 Å². The van der Waals surface area contributed by atoms with E-state index in [0.717, 1.165) is 0 Å². The molecule has 0 aliphatic carbocycles. The first kappa shape index (κ1) is 11.5. The molecule has 0 spiro atoms. The van der Waals surface area contributed by atoms with Crippen LogP contribution in [0.3, 0.4) is 0 Å². The Morgan fingerprint density at radius 2 is 2.21 bits per heavy atom. The maximum absolute atomic E-state index is 12.5. The van der Waals surface area contributed by atoms with Crippen molar-refractivity contribution in [3.05, 3.63) is 27.5 Å². The lowest BCUT2D eigenvalue weighted by molar-refractivity contribution is 0.149. The van der Waals surface area contributed by atoms with Gasteiger partial charge in [0.1, 0.15) is 4.60 Å². The van der Waals surface area contributed by atoms with Crippen molar-refractivity contribution in [3.63, 3.8) is 0 Å². The first-order valence-electron chi connectivity index (χ1n) is 3.87. The van der Waals surface area contributed by atoms with E-state index in [4.69, 9.17) is 10.8 Å². The fraction of sp³-hybridized carbons (Fsp3) is 0.375. The van der Waals surface area contributed by atoms with Crippen molar-refractivity contribution in [3.8, 4) is 0 Å². The van der Waals surface area contributed by atoms with Gasteiger partial charge in [0, 0.05) is 17.7 Å². The average molecular weight is 267 g/mol. The maximum atomic E-state index is 12.5. The minimum atomic E-state index is -2.63. The molecule has 3 nitrogen and oxygen atoms in total. The topological polar surface area (TPSA) is 59.1 Å². The molecule has 0 fully saturated rings. The predicted octanol–water partition coefficient (Wildman–Crippen LogP) is 1.73. The molecule has 1 rings (SSSR count). The quantitative estimate of drug-likeness (QED) is 0.820. The SMILES string of the molecule is NCc1nc(Br)c(CO)cc1C(F)F. The molecule has 0 amide bonds. The molecule has 0 saturated carbocycles. The molecule has 6 heteroatoms. The Kier molecular flexibility index (Phi) is 3.91. The maximum Gasteiger partial charge on any atom is 0.265 e. The van der Waals surface area contributed by atoms with E-state index in [1.807, 2.05) is 0 Å². The number of aliphatic hydroxyl groups excluding tert-OH is 1. The second-order valence-corrected chi connectivity index (χ2v) is 3.39. The van der Waals surface area contributed by atoms with Crippen LogP contribution < -0.4 is 5.73 Å². The third-order valence-corrected chi connectivity index (χ3v) is 2.45. The van der Waals surface area contributed by atoms with Crippen molar-refractivity contribution in [2.75, 3.05) is 0 Å². The molecule has 1 aromatic heterocycles. The van der Waals surface area contributed by atoms with Gasteiger partial charge in [-0.3, -0.25) is 0 Å². The molecule has 0 bridgehead atoms. The van der Waals surface area contributed by atoms with Crippen LogP contribution in [0.4, 0.5) is 8.78 Å². The number of nitrogens with zero attached hydrogens (tertiary/aromatic N) is 1. The van der Waals surface area contributed by atoms with Crippen LogP contribution in [0.25, 0.3) is 0 Å². The average Bonchev–Trinajstić information content (AvgIpc) is 2.16. The summed E-state index contributed by atoms with van der Waals surface area (Å²) in [5.41, 5.74) is 5.52. The Morgan fingerprint density at radius 1 is 1.57 bits per heavy atom. The van der Waals surface area contributed by atoms with E-state index in [1.54, 1.807) is 0 Å². The van der Waals surface area contributed by atoms with Gasteiger partial charge >= 0.3 is 0 Å². The Bertz CT molecular complexity index is 333. The number of halogens is 3. The summed E-state index contributed by atoms with van der Waals surface area (Å²) in [4.78, 5) is 3.84. The molecule has 0 aliphatic heterocycles. The van der Waals surface area contributed by atoms with Crippen molar-refractivity contribution in [1.82, 2.24) is 4.98 Å². The highest BCUT2D eigenvalue weighted by molar-refractivity contribution is 9.10. The zero-order valence-corrected chi connectivity index (χ0v) is 8.76. The highest BCUT2D eigenvalue weighted by Gasteiger charge is 2.16. The van der Waals surface area contributed by atoms with E-state index >= 15 is 0 Å². The van der Waals surface area contributed by atoms with E-state index in [1.165, 1.54) is 6.07 Å². The Balaban J connectivity index is 3.25. The van der Waals surface area contributed by atoms with Gasteiger partial charge in [-0.1, -0.05) is 0 Å². The van der Waals surface area contributed by atoms with Gasteiger partial charge in [0.05, 0.1) is 12.3 Å². The predicted molar refractivity (Wildman–Crippen MR) is 50.7 cm³/mol. The molecule has 0 atom stereocenters. The Morgan fingerprint density at radius 3 is 2.64 bits per heavy atom. The molecular weight excluding hydrogens is 258 g/mol. The molecule has 0 saturated heterocycles. The van der Waals surface area contributed by atoms with E-state index in [-0.39, 0.29) is 24.4 Å². The van der Waals surface area contributed by atoms with Crippen molar-refractivity contribution in [1.29, 1.82) is 0 Å². The van der Waals surface area contributed by atoms with Crippen molar-refractivity contribution < 1.29 is 13.9 Å². The summed E-state index contributed by atoms with van der Waals surface area (Å²) < 4.78 is 25.3. The molecule has 0 radical (unpaired) electrons. The monoisotopic (exact) mass is 266 g/mol. The first-order valence-corrected chi connectivity index (χ1v) is 4.66. The third kappa shape index (κ3) is 2.26. The second-order valence-electron chi connectivity index (χ2n) is 2.64. The van der Waals surface area contributed by atoms with Crippen LogP contribution in [0.15, 0.2) is 10.7 Å². The molecular formula is C8H9BrF2N2O. The molecule has 1 heterocycles. The standard InChI is InChI=1S/C8H9BrF2N2O/c9-7-4(3-14)1-5(8(10)11)6(2-12)13-7/h1,8,14H,2-3,12H2. The summed E-state index contributed by atoms with van der Waals surface area (Å²) in [5.74, 6) is 0. The number of pyridine rings is 1. The number of nitrogens with two attached hydrogens (primary N) is 1. The van der Waals surface area contributed by atoms with E-state index < -0.39 is 6.43 Å². The van der Waals surface area contributed by atoms with Gasteiger partial charge in [-0.15, -0.1) is 0 Å². The van der Waals surface area contributed by atoms with Gasteiger partial charge < -0.3 is 10.8 Å². The smallest absolute Gasteiger partial charge is 0.265 e. The fourth-order valence-electron chi connectivity index (χ4n) is 1.05. The number of aromatic nitrogens is 1. The molecule has 78 valence electrons. The van der Waals surface area contributed by atoms with Crippen LogP contribution in [-0.2, 0) is 13.2 Å². The fourth-order valence-corrected chi connectivity index (χ4v) is 1.50. The van der Waals surface area contributed by atoms with Crippen molar-refractivity contribution in [2.45, 2.75) is 19.6 Å². The van der Waals surface area contributed by atoms with Crippen molar-refractivity contribution >= 4 is 15.9 Å². The summed E-state index contributed by atoms with van der Waals surface area (Å²) in [5, 5.41) is 8.84. The van der Waals surface area contributed by atoms with Gasteiger partial charge in [-0.25, -0.2) is 13.8 Å². The van der Waals surface area contributed by atoms with Crippen LogP contribution in [0.2, 0.25) is 0 Å². The Hall–Kier alpha value is -0.590. The highest BCUT2D eigenvalue weighted by atomic mass is 79.9. The van der Waals surface area contributed by atoms with Crippen LogP contribution in [0, 0.1) is 0 Å². The van der Waals surface area contributed by atoms with Gasteiger partial charge in [0.2, 0.25) is 0 Å². The minimum Gasteiger partial charge on any atom is -0.392 e. The van der Waals surface area contributed by atoms with Crippen molar-refractivity contribution in [2.24, 2.45) is 5.73 Å². The normalized spacial score (nSPS) is 11.0. The molecule has 0 unspecified atom stereocenters. The summed E-state index contributed by atoms with van der Waals surface area (Å²) in [6, 6.07) is 1.21. The molecule has 1 aromatic rings. The minimum absolute atomic E-state index is 0.0516. The second kappa shape index (κ2) is 4.77. The Labute approximate surface area is 88.1 Å². The van der Waals surface area contributed by atoms with Crippen LogP contribution in [0.1, 0.15) is 23.2 Å². The summed E-state index contributed by atoms with van der Waals surface area (Å²) in [7, 11) is 0. The zero-order chi connectivity index (χ0) is 10.7. The van der Waals surface area contributed by atoms with Gasteiger partial charge in [0.25, 0.3) is 6.43 Å². The van der Waals surface area contributed by atoms with E-state index in [0.29, 0.717) is 10.2 Å². The molecule has 0 aromatic carbocycles. The molecule has 14 heavy (non-hydrogen) atoms. The first-order chi connectivity index (χ1) is 6.60. The summed E-state index contributed by atoms with van der Waals surface area (Å²) >= 11 is 3.06. The van der Waals surface area contributed by atoms with E-state index in [2.05, 4.69) is 20.9 Å².